The first-order valence-corrected chi connectivity index (χ1v) is 9.11. The maximum atomic E-state index is 9.39. The number of hydrogen-bond acceptors (Lipinski definition) is 5. The summed E-state index contributed by atoms with van der Waals surface area (Å²) in [6, 6.07) is 18.7. The monoisotopic (exact) mass is 368 g/mol. The molecule has 0 saturated heterocycles. The summed E-state index contributed by atoms with van der Waals surface area (Å²) < 4.78 is 2.15. The SMILES string of the molecule is Cc1nnc(NCc2ccc(Cn3cnc4ccccc43)cc2)c(C#N)c1C. The molecule has 0 unspecified atom stereocenters. The Morgan fingerprint density at radius 1 is 1.00 bits per heavy atom. The van der Waals surface area contributed by atoms with Crippen LogP contribution in [0.5, 0.6) is 0 Å². The van der Waals surface area contributed by atoms with Crippen molar-refractivity contribution in [1.29, 1.82) is 5.26 Å². The van der Waals surface area contributed by atoms with Gasteiger partial charge in [-0.25, -0.2) is 4.98 Å². The van der Waals surface area contributed by atoms with Gasteiger partial charge in [0.1, 0.15) is 11.6 Å². The highest BCUT2D eigenvalue weighted by Crippen LogP contribution is 2.18. The van der Waals surface area contributed by atoms with E-state index in [2.05, 4.69) is 61.5 Å². The molecule has 2 aromatic carbocycles. The number of hydrogen-bond donors (Lipinski definition) is 1. The van der Waals surface area contributed by atoms with Crippen LogP contribution in [0, 0.1) is 25.2 Å². The van der Waals surface area contributed by atoms with Gasteiger partial charge in [0, 0.05) is 13.1 Å². The summed E-state index contributed by atoms with van der Waals surface area (Å²) in [4.78, 5) is 4.44. The summed E-state index contributed by atoms with van der Waals surface area (Å²) in [5, 5.41) is 20.9. The van der Waals surface area contributed by atoms with Crippen molar-refractivity contribution >= 4 is 16.9 Å². The van der Waals surface area contributed by atoms with Crippen molar-refractivity contribution in [1.82, 2.24) is 19.7 Å². The maximum absolute atomic E-state index is 9.39. The molecule has 28 heavy (non-hydrogen) atoms. The van der Waals surface area contributed by atoms with Crippen LogP contribution in [-0.2, 0) is 13.1 Å². The third-order valence-corrected chi connectivity index (χ3v) is 4.93. The van der Waals surface area contributed by atoms with Crippen molar-refractivity contribution in [3.8, 4) is 6.07 Å². The fourth-order valence-corrected chi connectivity index (χ4v) is 3.15. The molecule has 2 heterocycles. The molecule has 0 aliphatic carbocycles. The molecule has 138 valence electrons. The molecule has 6 heteroatoms. The number of anilines is 1. The fraction of sp³-hybridized carbons (Fsp3) is 0.182. The molecule has 0 bridgehead atoms. The number of imidazole rings is 1. The van der Waals surface area contributed by atoms with Crippen molar-refractivity contribution in [3.63, 3.8) is 0 Å². The highest BCUT2D eigenvalue weighted by Gasteiger charge is 2.10. The fourth-order valence-electron chi connectivity index (χ4n) is 3.15. The molecule has 0 aliphatic heterocycles. The quantitative estimate of drug-likeness (QED) is 0.576. The van der Waals surface area contributed by atoms with Crippen LogP contribution in [0.3, 0.4) is 0 Å². The van der Waals surface area contributed by atoms with E-state index in [1.165, 1.54) is 5.56 Å². The third-order valence-electron chi connectivity index (χ3n) is 4.93. The summed E-state index contributed by atoms with van der Waals surface area (Å²) in [6.07, 6.45) is 1.88. The zero-order valence-electron chi connectivity index (χ0n) is 15.8. The second-order valence-electron chi connectivity index (χ2n) is 6.78. The van der Waals surface area contributed by atoms with Gasteiger partial charge in [0.25, 0.3) is 0 Å². The Kier molecular flexibility index (Phi) is 4.73. The van der Waals surface area contributed by atoms with Gasteiger partial charge >= 0.3 is 0 Å². The topological polar surface area (TPSA) is 79.4 Å². The van der Waals surface area contributed by atoms with Crippen LogP contribution in [0.15, 0.2) is 54.9 Å². The summed E-state index contributed by atoms with van der Waals surface area (Å²) in [6.45, 7) is 5.10. The molecule has 4 aromatic rings. The third kappa shape index (κ3) is 3.42. The van der Waals surface area contributed by atoms with Gasteiger partial charge in [0.15, 0.2) is 5.82 Å². The Labute approximate surface area is 163 Å². The van der Waals surface area contributed by atoms with E-state index in [1.807, 2.05) is 38.4 Å². The van der Waals surface area contributed by atoms with Gasteiger partial charge in [-0.1, -0.05) is 36.4 Å². The Morgan fingerprint density at radius 2 is 1.75 bits per heavy atom. The minimum atomic E-state index is 0.527. The minimum absolute atomic E-state index is 0.527. The second-order valence-corrected chi connectivity index (χ2v) is 6.78. The van der Waals surface area contributed by atoms with E-state index in [0.717, 1.165) is 34.4 Å². The number of fused-ring (bicyclic) bond motifs is 1. The Balaban J connectivity index is 1.46. The lowest BCUT2D eigenvalue weighted by Gasteiger charge is -2.10. The predicted octanol–water partition coefficient (Wildman–Crippen LogP) is 3.98. The van der Waals surface area contributed by atoms with Gasteiger partial charge in [0.05, 0.1) is 23.1 Å². The van der Waals surface area contributed by atoms with Crippen LogP contribution in [-0.4, -0.2) is 19.7 Å². The van der Waals surface area contributed by atoms with E-state index in [0.29, 0.717) is 17.9 Å². The van der Waals surface area contributed by atoms with Crippen molar-refractivity contribution in [2.24, 2.45) is 0 Å². The van der Waals surface area contributed by atoms with Crippen molar-refractivity contribution < 1.29 is 0 Å². The molecule has 0 saturated carbocycles. The molecule has 1 N–H and O–H groups in total. The molecule has 0 amide bonds. The molecule has 0 spiro atoms. The zero-order chi connectivity index (χ0) is 19.5. The average Bonchev–Trinajstić information content (AvgIpc) is 3.13. The maximum Gasteiger partial charge on any atom is 0.167 e. The number of nitrogens with one attached hydrogen (secondary N) is 1. The van der Waals surface area contributed by atoms with Crippen LogP contribution >= 0.6 is 0 Å². The zero-order valence-corrected chi connectivity index (χ0v) is 15.8. The number of para-hydroxylation sites is 2. The molecule has 0 fully saturated rings. The Hall–Kier alpha value is -3.72. The van der Waals surface area contributed by atoms with Crippen LogP contribution in [0.4, 0.5) is 5.82 Å². The molecule has 0 atom stereocenters. The average molecular weight is 368 g/mol. The number of benzene rings is 2. The van der Waals surface area contributed by atoms with Crippen LogP contribution in [0.25, 0.3) is 11.0 Å². The first kappa shape index (κ1) is 17.7. The summed E-state index contributed by atoms with van der Waals surface area (Å²) in [5.41, 5.74) is 6.65. The number of rotatable bonds is 5. The summed E-state index contributed by atoms with van der Waals surface area (Å²) >= 11 is 0. The highest BCUT2D eigenvalue weighted by atomic mass is 15.2. The second kappa shape index (κ2) is 7.49. The van der Waals surface area contributed by atoms with Crippen LogP contribution in [0.1, 0.15) is 27.9 Å². The van der Waals surface area contributed by atoms with E-state index in [9.17, 15) is 5.26 Å². The van der Waals surface area contributed by atoms with Crippen molar-refractivity contribution in [2.75, 3.05) is 5.32 Å². The van der Waals surface area contributed by atoms with Crippen LogP contribution < -0.4 is 5.32 Å². The van der Waals surface area contributed by atoms with Gasteiger partial charge in [-0.05, 0) is 42.7 Å². The molecular weight excluding hydrogens is 348 g/mol. The molecule has 2 aromatic heterocycles. The van der Waals surface area contributed by atoms with Gasteiger partial charge < -0.3 is 9.88 Å². The normalized spacial score (nSPS) is 10.8. The van der Waals surface area contributed by atoms with Crippen molar-refractivity contribution in [3.05, 3.63) is 82.8 Å². The number of aryl methyl sites for hydroxylation is 1. The molecular formula is C22H20N6. The lowest BCUT2D eigenvalue weighted by molar-refractivity contribution is 0.823. The number of aromatic nitrogens is 4. The van der Waals surface area contributed by atoms with E-state index in [4.69, 9.17) is 0 Å². The highest BCUT2D eigenvalue weighted by molar-refractivity contribution is 5.75. The lowest BCUT2D eigenvalue weighted by Crippen LogP contribution is -2.07. The van der Waals surface area contributed by atoms with Gasteiger partial charge in [-0.3, -0.25) is 0 Å². The molecule has 4 rings (SSSR count). The summed E-state index contributed by atoms with van der Waals surface area (Å²) in [7, 11) is 0. The number of nitriles is 1. The first-order valence-electron chi connectivity index (χ1n) is 9.11. The van der Waals surface area contributed by atoms with E-state index >= 15 is 0 Å². The van der Waals surface area contributed by atoms with Gasteiger partial charge in [0.2, 0.25) is 0 Å². The Morgan fingerprint density at radius 3 is 2.54 bits per heavy atom. The van der Waals surface area contributed by atoms with E-state index in [1.54, 1.807) is 0 Å². The largest absolute Gasteiger partial charge is 0.363 e. The smallest absolute Gasteiger partial charge is 0.167 e. The van der Waals surface area contributed by atoms with Crippen molar-refractivity contribution in [2.45, 2.75) is 26.9 Å². The van der Waals surface area contributed by atoms with Gasteiger partial charge in [-0.15, -0.1) is 5.10 Å². The molecule has 6 nitrogen and oxygen atoms in total. The van der Waals surface area contributed by atoms with Gasteiger partial charge in [-0.2, -0.15) is 10.4 Å². The Bertz CT molecular complexity index is 1170. The van der Waals surface area contributed by atoms with E-state index < -0.39 is 0 Å². The molecule has 0 aliphatic rings. The lowest BCUT2D eigenvalue weighted by atomic mass is 10.1. The van der Waals surface area contributed by atoms with E-state index in [-0.39, 0.29) is 0 Å². The number of nitrogens with zero attached hydrogens (tertiary/aromatic N) is 5. The first-order chi connectivity index (χ1) is 13.7. The minimum Gasteiger partial charge on any atom is -0.363 e. The molecule has 0 radical (unpaired) electrons. The summed E-state index contributed by atoms with van der Waals surface area (Å²) in [5.74, 6) is 0.527. The standard InChI is InChI=1S/C22H20N6/c1-15-16(2)26-27-22(19(15)11-23)24-12-17-7-9-18(10-8-17)13-28-14-25-20-5-3-4-6-21(20)28/h3-10,14H,12-13H2,1-2H3,(H,24,27). The predicted molar refractivity (Wildman–Crippen MR) is 109 cm³/mol. The van der Waals surface area contributed by atoms with Crippen LogP contribution in [0.2, 0.25) is 0 Å².